The Morgan fingerprint density at radius 3 is 2.81 bits per heavy atom. The predicted molar refractivity (Wildman–Crippen MR) is 97.3 cm³/mol. The van der Waals surface area contributed by atoms with E-state index in [1.54, 1.807) is 30.3 Å². The summed E-state index contributed by atoms with van der Waals surface area (Å²) in [7, 11) is 0. The highest BCUT2D eigenvalue weighted by atomic mass is 19.1. The van der Waals surface area contributed by atoms with Crippen LogP contribution in [0.4, 0.5) is 4.39 Å². The number of furan rings is 1. The van der Waals surface area contributed by atoms with E-state index in [4.69, 9.17) is 4.42 Å². The van der Waals surface area contributed by atoms with Crippen LogP contribution in [0.5, 0.6) is 0 Å². The molecule has 0 aliphatic carbocycles. The van der Waals surface area contributed by atoms with Gasteiger partial charge in [-0.05, 0) is 36.4 Å². The zero-order valence-electron chi connectivity index (χ0n) is 14.4. The summed E-state index contributed by atoms with van der Waals surface area (Å²) >= 11 is 0. The molecular formula is C20H17FN4O2. The van der Waals surface area contributed by atoms with E-state index in [-0.39, 0.29) is 18.1 Å². The van der Waals surface area contributed by atoms with Crippen molar-refractivity contribution in [1.29, 1.82) is 0 Å². The summed E-state index contributed by atoms with van der Waals surface area (Å²) in [6.45, 7) is 0.294. The summed E-state index contributed by atoms with van der Waals surface area (Å²) in [5.74, 6) is 1.30. The molecule has 1 aromatic carbocycles. The average molecular weight is 364 g/mol. The lowest BCUT2D eigenvalue weighted by atomic mass is 10.1. The van der Waals surface area contributed by atoms with E-state index in [0.29, 0.717) is 35.9 Å². The maximum atomic E-state index is 13.8. The van der Waals surface area contributed by atoms with Crippen molar-refractivity contribution >= 4 is 11.6 Å². The zero-order valence-corrected chi connectivity index (χ0v) is 14.4. The molecule has 0 fully saturated rings. The van der Waals surface area contributed by atoms with Gasteiger partial charge in [0.25, 0.3) is 0 Å². The van der Waals surface area contributed by atoms with Crippen LogP contribution < -0.4 is 5.32 Å². The van der Waals surface area contributed by atoms with Crippen LogP contribution in [0.15, 0.2) is 65.2 Å². The molecular weight excluding hydrogens is 347 g/mol. The standard InChI is InChI=1S/C20H17FN4O2/c21-16-6-2-1-5-15(16)17-10-8-14(27-17)9-11-20(26)22-13-19-24-23-18-7-3-4-12-25(18)19/h1-8,10,12H,9,11,13H2,(H,22,26). The van der Waals surface area contributed by atoms with E-state index in [1.807, 2.05) is 28.8 Å². The second-order valence-corrected chi connectivity index (χ2v) is 6.07. The van der Waals surface area contributed by atoms with Crippen molar-refractivity contribution in [2.45, 2.75) is 19.4 Å². The number of halogens is 1. The van der Waals surface area contributed by atoms with Crippen LogP contribution in [0, 0.1) is 5.82 Å². The highest BCUT2D eigenvalue weighted by Crippen LogP contribution is 2.25. The Kier molecular flexibility index (Phi) is 4.65. The largest absolute Gasteiger partial charge is 0.461 e. The third-order valence-electron chi connectivity index (χ3n) is 4.23. The molecule has 0 unspecified atom stereocenters. The molecule has 3 heterocycles. The monoisotopic (exact) mass is 364 g/mol. The molecule has 0 radical (unpaired) electrons. The normalized spacial score (nSPS) is 11.0. The SMILES string of the molecule is O=C(CCc1ccc(-c2ccccc2F)o1)NCc1nnc2ccccn12. The van der Waals surface area contributed by atoms with Gasteiger partial charge in [-0.2, -0.15) is 0 Å². The number of amides is 1. The van der Waals surface area contributed by atoms with Crippen molar-refractivity contribution in [2.75, 3.05) is 0 Å². The van der Waals surface area contributed by atoms with Crippen LogP contribution in [0.25, 0.3) is 17.0 Å². The minimum absolute atomic E-state index is 0.119. The van der Waals surface area contributed by atoms with Crippen molar-refractivity contribution in [2.24, 2.45) is 0 Å². The van der Waals surface area contributed by atoms with Gasteiger partial charge in [0.1, 0.15) is 17.3 Å². The van der Waals surface area contributed by atoms with E-state index >= 15 is 0 Å². The lowest BCUT2D eigenvalue weighted by Gasteiger charge is -2.03. The molecule has 0 spiro atoms. The number of hydrogen-bond donors (Lipinski definition) is 1. The van der Waals surface area contributed by atoms with Crippen molar-refractivity contribution in [3.63, 3.8) is 0 Å². The third kappa shape index (κ3) is 3.72. The molecule has 0 saturated heterocycles. The molecule has 0 atom stereocenters. The number of hydrogen-bond acceptors (Lipinski definition) is 4. The van der Waals surface area contributed by atoms with Crippen molar-refractivity contribution in [3.05, 3.63) is 78.2 Å². The van der Waals surface area contributed by atoms with Crippen LogP contribution in [-0.4, -0.2) is 20.5 Å². The van der Waals surface area contributed by atoms with Crippen LogP contribution in [0.2, 0.25) is 0 Å². The molecule has 1 amide bonds. The molecule has 4 rings (SSSR count). The Balaban J connectivity index is 1.33. The second kappa shape index (κ2) is 7.41. The Hall–Kier alpha value is -3.48. The highest BCUT2D eigenvalue weighted by Gasteiger charge is 2.11. The highest BCUT2D eigenvalue weighted by molar-refractivity contribution is 5.76. The van der Waals surface area contributed by atoms with Crippen LogP contribution in [0.1, 0.15) is 18.0 Å². The topological polar surface area (TPSA) is 72.4 Å². The summed E-state index contributed by atoms with van der Waals surface area (Å²) in [6.07, 6.45) is 2.55. The third-order valence-corrected chi connectivity index (χ3v) is 4.23. The average Bonchev–Trinajstić information content (AvgIpc) is 3.32. The van der Waals surface area contributed by atoms with Gasteiger partial charge in [0.05, 0.1) is 12.1 Å². The molecule has 7 heteroatoms. The molecule has 1 N–H and O–H groups in total. The molecule has 6 nitrogen and oxygen atoms in total. The van der Waals surface area contributed by atoms with Gasteiger partial charge in [-0.25, -0.2) is 4.39 Å². The molecule has 3 aromatic heterocycles. The Bertz CT molecular complexity index is 1090. The number of carbonyl (C=O) groups is 1. The van der Waals surface area contributed by atoms with Crippen LogP contribution in [-0.2, 0) is 17.8 Å². The number of carbonyl (C=O) groups excluding carboxylic acids is 1. The van der Waals surface area contributed by atoms with Crippen LogP contribution >= 0.6 is 0 Å². The van der Waals surface area contributed by atoms with Gasteiger partial charge in [-0.1, -0.05) is 18.2 Å². The van der Waals surface area contributed by atoms with E-state index in [2.05, 4.69) is 15.5 Å². The fraction of sp³-hybridized carbons (Fsp3) is 0.150. The number of aryl methyl sites for hydroxylation is 1. The fourth-order valence-corrected chi connectivity index (χ4v) is 2.83. The number of benzene rings is 1. The Labute approximate surface area is 154 Å². The molecule has 0 saturated carbocycles. The molecule has 0 aliphatic heterocycles. The van der Waals surface area contributed by atoms with Gasteiger partial charge in [-0.15, -0.1) is 10.2 Å². The number of fused-ring (bicyclic) bond motifs is 1. The van der Waals surface area contributed by atoms with Gasteiger partial charge in [0.2, 0.25) is 5.91 Å². The number of nitrogens with zero attached hydrogens (tertiary/aromatic N) is 3. The number of pyridine rings is 1. The van der Waals surface area contributed by atoms with Crippen LogP contribution in [0.3, 0.4) is 0 Å². The summed E-state index contributed by atoms with van der Waals surface area (Å²) in [5.41, 5.74) is 1.14. The lowest BCUT2D eigenvalue weighted by Crippen LogP contribution is -2.24. The smallest absolute Gasteiger partial charge is 0.220 e. The predicted octanol–water partition coefficient (Wildman–Crippen LogP) is 3.38. The van der Waals surface area contributed by atoms with Crippen molar-refractivity contribution in [3.8, 4) is 11.3 Å². The molecule has 0 bridgehead atoms. The van der Waals surface area contributed by atoms with Gasteiger partial charge < -0.3 is 9.73 Å². The minimum Gasteiger partial charge on any atom is -0.461 e. The van der Waals surface area contributed by atoms with Gasteiger partial charge in [0, 0.05) is 19.0 Å². The molecule has 0 aliphatic rings. The number of rotatable bonds is 6. The van der Waals surface area contributed by atoms with Crippen molar-refractivity contribution < 1.29 is 13.6 Å². The molecule has 27 heavy (non-hydrogen) atoms. The maximum absolute atomic E-state index is 13.8. The summed E-state index contributed by atoms with van der Waals surface area (Å²) < 4.78 is 21.3. The minimum atomic E-state index is -0.336. The first-order valence-electron chi connectivity index (χ1n) is 8.59. The Morgan fingerprint density at radius 2 is 1.93 bits per heavy atom. The lowest BCUT2D eigenvalue weighted by molar-refractivity contribution is -0.121. The Morgan fingerprint density at radius 1 is 1.07 bits per heavy atom. The van der Waals surface area contributed by atoms with E-state index < -0.39 is 0 Å². The first-order chi connectivity index (χ1) is 13.2. The summed E-state index contributed by atoms with van der Waals surface area (Å²) in [6, 6.07) is 15.5. The zero-order chi connectivity index (χ0) is 18.6. The van der Waals surface area contributed by atoms with E-state index in [1.165, 1.54) is 6.07 Å². The van der Waals surface area contributed by atoms with Gasteiger partial charge in [-0.3, -0.25) is 9.20 Å². The summed E-state index contributed by atoms with van der Waals surface area (Å²) in [4.78, 5) is 12.1. The fourth-order valence-electron chi connectivity index (χ4n) is 2.83. The van der Waals surface area contributed by atoms with Gasteiger partial charge >= 0.3 is 0 Å². The number of nitrogens with one attached hydrogen (secondary N) is 1. The van der Waals surface area contributed by atoms with E-state index in [0.717, 1.165) is 5.65 Å². The quantitative estimate of drug-likeness (QED) is 0.569. The maximum Gasteiger partial charge on any atom is 0.220 e. The van der Waals surface area contributed by atoms with E-state index in [9.17, 15) is 9.18 Å². The molecule has 4 aromatic rings. The van der Waals surface area contributed by atoms with Gasteiger partial charge in [0.15, 0.2) is 11.5 Å². The first-order valence-corrected chi connectivity index (χ1v) is 8.59. The second-order valence-electron chi connectivity index (χ2n) is 6.07. The summed E-state index contributed by atoms with van der Waals surface area (Å²) in [5, 5.41) is 11.0. The number of aromatic nitrogens is 3. The first kappa shape index (κ1) is 17.0. The van der Waals surface area contributed by atoms with Crippen molar-refractivity contribution in [1.82, 2.24) is 19.9 Å². The molecule has 136 valence electrons.